The third-order valence-corrected chi connectivity index (χ3v) is 5.32. The van der Waals surface area contributed by atoms with Gasteiger partial charge < -0.3 is 4.52 Å². The minimum Gasteiger partial charge on any atom is -0.360 e. The van der Waals surface area contributed by atoms with Gasteiger partial charge in [-0.25, -0.2) is 13.1 Å². The third-order valence-electron chi connectivity index (χ3n) is 3.93. The van der Waals surface area contributed by atoms with Crippen LogP contribution < -0.4 is 4.72 Å². The van der Waals surface area contributed by atoms with Gasteiger partial charge in [0.15, 0.2) is 0 Å². The minimum absolute atomic E-state index is 0.0263. The average molecular weight is 469 g/mol. The summed E-state index contributed by atoms with van der Waals surface area (Å²) in [5.74, 6) is 0.0917. The summed E-state index contributed by atoms with van der Waals surface area (Å²) in [5, 5.41) is 4.13. The van der Waals surface area contributed by atoms with E-state index in [2.05, 4.69) is 5.16 Å². The summed E-state index contributed by atoms with van der Waals surface area (Å²) in [7, 11) is -8.53. The van der Waals surface area contributed by atoms with Crippen molar-refractivity contribution in [2.24, 2.45) is 0 Å². The third kappa shape index (κ3) is 7.00. The zero-order chi connectivity index (χ0) is 23.2. The summed E-state index contributed by atoms with van der Waals surface area (Å²) in [6.07, 6.45) is 0.0949. The molecule has 2 aromatic carbocycles. The average Bonchev–Trinajstić information content (AvgIpc) is 3.08. The molecule has 3 aromatic rings. The lowest BCUT2D eigenvalue weighted by molar-refractivity contribution is -0.119. The second-order valence-electron chi connectivity index (χ2n) is 6.18. The molecule has 0 spiro atoms. The van der Waals surface area contributed by atoms with Gasteiger partial charge in [-0.3, -0.25) is 13.9 Å². The number of amides is 1. The van der Waals surface area contributed by atoms with Crippen molar-refractivity contribution in [2.75, 3.05) is 0 Å². The van der Waals surface area contributed by atoms with Crippen LogP contribution in [0.15, 0.2) is 64.0 Å². The van der Waals surface area contributed by atoms with E-state index in [0.717, 1.165) is 16.7 Å². The molecule has 10 nitrogen and oxygen atoms in total. The van der Waals surface area contributed by atoms with Crippen molar-refractivity contribution in [1.82, 2.24) is 9.88 Å². The molecule has 1 amide bonds. The van der Waals surface area contributed by atoms with E-state index in [1.807, 2.05) is 35.1 Å². The molecule has 0 aliphatic carbocycles. The van der Waals surface area contributed by atoms with Crippen LogP contribution >= 0.6 is 0 Å². The molecular weight excluding hydrogens is 448 g/mol. The molecule has 0 aliphatic heterocycles. The van der Waals surface area contributed by atoms with E-state index in [9.17, 15) is 13.2 Å². The molecule has 0 unspecified atom stereocenters. The molecule has 0 aliphatic rings. The maximum Gasteiger partial charge on any atom is 0.394 e. The van der Waals surface area contributed by atoms with Crippen molar-refractivity contribution in [2.45, 2.75) is 25.2 Å². The SMILES string of the molecule is CCC(=O)NS(=O)(=O)c1ccc(-c2c(-c3ccccc3)noc2C)cc1.O=S(=O)(O)O. The van der Waals surface area contributed by atoms with Gasteiger partial charge in [0.2, 0.25) is 5.91 Å². The number of hydrogen-bond acceptors (Lipinski definition) is 7. The minimum atomic E-state index is -4.67. The molecule has 3 rings (SSSR count). The van der Waals surface area contributed by atoms with Crippen LogP contribution in [0.25, 0.3) is 22.4 Å². The summed E-state index contributed by atoms with van der Waals surface area (Å²) >= 11 is 0. The van der Waals surface area contributed by atoms with E-state index in [-0.39, 0.29) is 11.3 Å². The number of aryl methyl sites for hydroxylation is 1. The first-order valence-electron chi connectivity index (χ1n) is 8.80. The first-order chi connectivity index (χ1) is 14.4. The van der Waals surface area contributed by atoms with Crippen molar-refractivity contribution >= 4 is 26.3 Å². The molecule has 0 saturated carbocycles. The van der Waals surface area contributed by atoms with Gasteiger partial charge in [-0.1, -0.05) is 54.5 Å². The lowest BCUT2D eigenvalue weighted by atomic mass is 10.00. The molecule has 12 heteroatoms. The second-order valence-corrected chi connectivity index (χ2v) is 8.76. The number of carbonyl (C=O) groups is 1. The topological polar surface area (TPSA) is 164 Å². The number of nitrogens with one attached hydrogen (secondary N) is 1. The van der Waals surface area contributed by atoms with Crippen LogP contribution in [0.2, 0.25) is 0 Å². The number of benzene rings is 2. The fourth-order valence-corrected chi connectivity index (χ4v) is 3.64. The summed E-state index contributed by atoms with van der Waals surface area (Å²) in [4.78, 5) is 11.4. The second kappa shape index (κ2) is 9.83. The Morgan fingerprint density at radius 2 is 1.52 bits per heavy atom. The molecule has 0 bridgehead atoms. The number of sulfonamides is 1. The van der Waals surface area contributed by atoms with Gasteiger partial charge in [-0.15, -0.1) is 0 Å². The number of hydrogen-bond donors (Lipinski definition) is 3. The van der Waals surface area contributed by atoms with E-state index >= 15 is 0 Å². The highest BCUT2D eigenvalue weighted by molar-refractivity contribution is 7.90. The van der Waals surface area contributed by atoms with Crippen molar-refractivity contribution < 1.29 is 35.3 Å². The molecule has 0 saturated heterocycles. The van der Waals surface area contributed by atoms with Gasteiger partial charge in [0.25, 0.3) is 10.0 Å². The van der Waals surface area contributed by atoms with Crippen LogP contribution in [0.1, 0.15) is 19.1 Å². The van der Waals surface area contributed by atoms with Crippen molar-refractivity contribution in [3.05, 3.63) is 60.4 Å². The Labute approximate surface area is 179 Å². The van der Waals surface area contributed by atoms with Crippen LogP contribution in [-0.4, -0.2) is 37.0 Å². The van der Waals surface area contributed by atoms with Crippen LogP contribution in [0, 0.1) is 6.92 Å². The summed E-state index contributed by atoms with van der Waals surface area (Å²) in [5.41, 5.74) is 3.19. The number of nitrogens with zero attached hydrogens (tertiary/aromatic N) is 1. The highest BCUT2D eigenvalue weighted by atomic mass is 32.3. The first kappa shape index (κ1) is 24.2. The normalized spacial score (nSPS) is 11.4. The Morgan fingerprint density at radius 3 is 2.03 bits per heavy atom. The van der Waals surface area contributed by atoms with Gasteiger partial charge in [0.1, 0.15) is 11.5 Å². The predicted octanol–water partition coefficient (Wildman–Crippen LogP) is 2.88. The summed E-state index contributed by atoms with van der Waals surface area (Å²) in [6, 6.07) is 15.9. The van der Waals surface area contributed by atoms with Gasteiger partial charge in [-0.2, -0.15) is 8.42 Å². The molecule has 0 atom stereocenters. The monoisotopic (exact) mass is 468 g/mol. The Balaban J connectivity index is 0.000000614. The maximum absolute atomic E-state index is 12.2. The Hall–Kier alpha value is -3.06. The first-order valence-corrected chi connectivity index (χ1v) is 11.7. The van der Waals surface area contributed by atoms with Crippen LogP contribution in [0.5, 0.6) is 0 Å². The van der Waals surface area contributed by atoms with Gasteiger partial charge >= 0.3 is 10.4 Å². The zero-order valence-corrected chi connectivity index (χ0v) is 18.1. The zero-order valence-electron chi connectivity index (χ0n) is 16.5. The van der Waals surface area contributed by atoms with E-state index in [4.69, 9.17) is 22.0 Å². The summed E-state index contributed by atoms with van der Waals surface area (Å²) < 4.78 is 63.3. The fraction of sp³-hybridized carbons (Fsp3) is 0.158. The Bertz CT molecular complexity index is 1240. The predicted molar refractivity (Wildman–Crippen MR) is 112 cm³/mol. The lowest BCUT2D eigenvalue weighted by Gasteiger charge is -2.07. The number of carbonyl (C=O) groups excluding carboxylic acids is 1. The molecular formula is C19H20N2O8S2. The largest absolute Gasteiger partial charge is 0.394 e. The molecule has 31 heavy (non-hydrogen) atoms. The molecule has 1 heterocycles. The van der Waals surface area contributed by atoms with Gasteiger partial charge in [0.05, 0.1) is 10.5 Å². The van der Waals surface area contributed by atoms with Crippen molar-refractivity contribution in [1.29, 1.82) is 0 Å². The standard InChI is InChI=1S/C19H18N2O4S.H2O4S/c1-3-17(22)21-26(23,24)16-11-9-14(10-12-16)18-13(2)25-20-19(18)15-7-5-4-6-8-15;1-5(2,3)4/h4-12H,3H2,1-2H3,(H,21,22);(H2,1,2,3,4). The molecule has 0 fully saturated rings. The van der Waals surface area contributed by atoms with Gasteiger partial charge in [0, 0.05) is 12.0 Å². The smallest absolute Gasteiger partial charge is 0.360 e. The quantitative estimate of drug-likeness (QED) is 0.477. The van der Waals surface area contributed by atoms with Gasteiger partial charge in [-0.05, 0) is 24.6 Å². The van der Waals surface area contributed by atoms with Crippen molar-refractivity contribution in [3.8, 4) is 22.4 Å². The molecule has 166 valence electrons. The number of rotatable bonds is 5. The highest BCUT2D eigenvalue weighted by Gasteiger charge is 2.19. The Kier molecular flexibility index (Phi) is 7.68. The van der Waals surface area contributed by atoms with Crippen LogP contribution in [-0.2, 0) is 25.2 Å². The molecule has 3 N–H and O–H groups in total. The lowest BCUT2D eigenvalue weighted by Crippen LogP contribution is -2.29. The molecule has 1 aromatic heterocycles. The van der Waals surface area contributed by atoms with E-state index in [1.165, 1.54) is 12.1 Å². The van der Waals surface area contributed by atoms with E-state index in [1.54, 1.807) is 26.0 Å². The van der Waals surface area contributed by atoms with E-state index in [0.29, 0.717) is 11.5 Å². The Morgan fingerprint density at radius 1 is 0.968 bits per heavy atom. The van der Waals surface area contributed by atoms with Crippen LogP contribution in [0.4, 0.5) is 0 Å². The fourth-order valence-electron chi connectivity index (χ4n) is 2.59. The molecule has 0 radical (unpaired) electrons. The van der Waals surface area contributed by atoms with Crippen LogP contribution in [0.3, 0.4) is 0 Å². The number of aromatic nitrogens is 1. The van der Waals surface area contributed by atoms with E-state index < -0.39 is 26.3 Å². The highest BCUT2D eigenvalue weighted by Crippen LogP contribution is 2.34. The maximum atomic E-state index is 12.2. The van der Waals surface area contributed by atoms with Crippen molar-refractivity contribution in [3.63, 3.8) is 0 Å². The summed E-state index contributed by atoms with van der Waals surface area (Å²) in [6.45, 7) is 3.40.